The Balaban J connectivity index is 2.55. The number of carbonyl (C=O) groups is 2. The minimum absolute atomic E-state index is 0.0967. The Kier molecular flexibility index (Phi) is 5.78. The Morgan fingerprint density at radius 3 is 2.23 bits per heavy atom. The number of nitrogens with one attached hydrogen (secondary N) is 1. The lowest BCUT2D eigenvalue weighted by molar-refractivity contribution is 0.0508. The fraction of sp³-hybridized carbons (Fsp3) is 0.278. The number of anilines is 1. The molecule has 1 aromatic carbocycles. The normalized spacial score (nSPS) is 11.9. The summed E-state index contributed by atoms with van der Waals surface area (Å²) in [7, 11) is 0. The number of nitrogen functional groups attached to an aromatic ring is 1. The predicted molar refractivity (Wildman–Crippen MR) is 95.4 cm³/mol. The highest BCUT2D eigenvalue weighted by molar-refractivity contribution is 6.07. The second-order valence-electron chi connectivity index (χ2n) is 5.83. The van der Waals surface area contributed by atoms with Gasteiger partial charge in [-0.15, -0.1) is 0 Å². The van der Waals surface area contributed by atoms with Crippen LogP contribution in [0.1, 0.15) is 46.5 Å². The molecule has 26 heavy (non-hydrogen) atoms. The van der Waals surface area contributed by atoms with Gasteiger partial charge in [0.2, 0.25) is 0 Å². The van der Waals surface area contributed by atoms with Gasteiger partial charge in [-0.3, -0.25) is 4.79 Å². The average Bonchev–Trinajstić information content (AvgIpc) is 2.58. The van der Waals surface area contributed by atoms with E-state index < -0.39 is 34.4 Å². The number of hydrogen-bond acceptors (Lipinski definition) is 5. The number of nitrogens with two attached hydrogens (primary N) is 1. The van der Waals surface area contributed by atoms with Crippen LogP contribution in [0, 0.1) is 0 Å². The molecule has 1 atom stereocenters. The lowest BCUT2D eigenvalue weighted by Gasteiger charge is -2.13. The zero-order valence-corrected chi connectivity index (χ0v) is 14.4. The molecule has 138 valence electrons. The van der Waals surface area contributed by atoms with E-state index in [4.69, 9.17) is 10.5 Å². The Morgan fingerprint density at radius 1 is 1.15 bits per heavy atom. The summed E-state index contributed by atoms with van der Waals surface area (Å²) in [6.07, 6.45) is 0.966. The van der Waals surface area contributed by atoms with Gasteiger partial charge in [0.25, 0.3) is 5.56 Å². The lowest BCUT2D eigenvalue weighted by atomic mass is 9.95. The molecule has 0 spiro atoms. The molecule has 0 fully saturated rings. The largest absolute Gasteiger partial charge is 0.478 e. The van der Waals surface area contributed by atoms with Gasteiger partial charge in [-0.2, -0.15) is 0 Å². The van der Waals surface area contributed by atoms with Crippen molar-refractivity contribution in [2.45, 2.75) is 33.0 Å². The van der Waals surface area contributed by atoms with Gasteiger partial charge in [0, 0.05) is 5.56 Å². The van der Waals surface area contributed by atoms with Crippen molar-refractivity contribution in [2.24, 2.45) is 0 Å². The van der Waals surface area contributed by atoms with Crippen molar-refractivity contribution in [2.75, 3.05) is 5.73 Å². The molecule has 5 N–H and O–H groups in total. The topological polar surface area (TPSA) is 143 Å². The van der Waals surface area contributed by atoms with Gasteiger partial charge in [-0.1, -0.05) is 31.2 Å². The number of benzene rings is 1. The third-order valence-corrected chi connectivity index (χ3v) is 4.02. The Hall–Kier alpha value is -3.13. The van der Waals surface area contributed by atoms with Crippen LogP contribution in [0.2, 0.25) is 0 Å². The molecule has 1 aromatic heterocycles. The minimum Gasteiger partial charge on any atom is -0.478 e. The highest BCUT2D eigenvalue weighted by Crippen LogP contribution is 2.29. The van der Waals surface area contributed by atoms with E-state index in [1.807, 2.05) is 13.8 Å². The van der Waals surface area contributed by atoms with Gasteiger partial charge in [0.15, 0.2) is 0 Å². The molecule has 0 saturated carbocycles. The Labute approximate surface area is 149 Å². The third-order valence-electron chi connectivity index (χ3n) is 4.02. The van der Waals surface area contributed by atoms with Gasteiger partial charge in [0.1, 0.15) is 16.9 Å². The van der Waals surface area contributed by atoms with Crippen LogP contribution in [0.25, 0.3) is 11.1 Å². The molecule has 2 rings (SSSR count). The third kappa shape index (κ3) is 3.92. The monoisotopic (exact) mass is 360 g/mol. The zero-order valence-electron chi connectivity index (χ0n) is 14.4. The number of H-pyrrole nitrogens is 1. The van der Waals surface area contributed by atoms with Gasteiger partial charge < -0.3 is 25.7 Å². The lowest BCUT2D eigenvalue weighted by Crippen LogP contribution is -2.24. The van der Waals surface area contributed by atoms with Crippen molar-refractivity contribution in [3.8, 4) is 11.1 Å². The second kappa shape index (κ2) is 7.83. The average molecular weight is 360 g/mol. The van der Waals surface area contributed by atoms with Crippen LogP contribution in [0.15, 0.2) is 29.1 Å². The molecule has 1 heterocycles. The molecule has 0 bridgehead atoms. The summed E-state index contributed by atoms with van der Waals surface area (Å²) in [5, 5.41) is 18.8. The van der Waals surface area contributed by atoms with Crippen LogP contribution in [0.3, 0.4) is 0 Å². The highest BCUT2D eigenvalue weighted by Gasteiger charge is 2.26. The Morgan fingerprint density at radius 2 is 1.73 bits per heavy atom. The van der Waals surface area contributed by atoms with Crippen LogP contribution in [-0.2, 0) is 11.3 Å². The number of carboxylic acid groups (broad SMARTS) is 2. The SMILES string of the molecule is CCC(C)OCc1ccc(-c2c(C(=O)O)c(N)[nH]c(=O)c2C(=O)O)cc1. The molecule has 2 aromatic rings. The molecule has 0 aliphatic rings. The predicted octanol–water partition coefficient (Wildman–Crippen LogP) is 2.34. The first-order chi connectivity index (χ1) is 12.3. The number of pyridine rings is 1. The van der Waals surface area contributed by atoms with E-state index in [0.717, 1.165) is 12.0 Å². The number of carboxylic acids is 2. The smallest absolute Gasteiger partial charge is 0.342 e. The van der Waals surface area contributed by atoms with Crippen LogP contribution in [0.5, 0.6) is 0 Å². The van der Waals surface area contributed by atoms with Crippen LogP contribution < -0.4 is 11.3 Å². The number of aromatic amines is 1. The van der Waals surface area contributed by atoms with E-state index in [1.165, 1.54) is 0 Å². The molecule has 0 saturated heterocycles. The quantitative estimate of drug-likeness (QED) is 0.593. The number of ether oxygens (including phenoxy) is 1. The van der Waals surface area contributed by atoms with E-state index in [-0.39, 0.29) is 17.2 Å². The zero-order chi connectivity index (χ0) is 19.4. The van der Waals surface area contributed by atoms with Crippen molar-refractivity contribution in [1.82, 2.24) is 4.98 Å². The van der Waals surface area contributed by atoms with Crippen molar-refractivity contribution in [1.29, 1.82) is 0 Å². The molecule has 0 radical (unpaired) electrons. The summed E-state index contributed by atoms with van der Waals surface area (Å²) in [5.74, 6) is -3.36. The minimum atomic E-state index is -1.53. The molecule has 1 unspecified atom stereocenters. The number of aromatic carboxylic acids is 2. The van der Waals surface area contributed by atoms with E-state index in [9.17, 15) is 24.6 Å². The van der Waals surface area contributed by atoms with Gasteiger partial charge in [0.05, 0.1) is 12.7 Å². The van der Waals surface area contributed by atoms with Crippen molar-refractivity contribution >= 4 is 17.8 Å². The van der Waals surface area contributed by atoms with Crippen molar-refractivity contribution in [3.05, 3.63) is 51.3 Å². The molecule has 0 aliphatic heterocycles. The maximum Gasteiger partial charge on any atom is 0.342 e. The van der Waals surface area contributed by atoms with Crippen LogP contribution >= 0.6 is 0 Å². The summed E-state index contributed by atoms with van der Waals surface area (Å²) < 4.78 is 5.62. The van der Waals surface area contributed by atoms with Crippen LogP contribution in [-0.4, -0.2) is 33.2 Å². The van der Waals surface area contributed by atoms with E-state index >= 15 is 0 Å². The van der Waals surface area contributed by atoms with Crippen molar-refractivity contribution < 1.29 is 24.5 Å². The second-order valence-corrected chi connectivity index (χ2v) is 5.83. The van der Waals surface area contributed by atoms with E-state index in [2.05, 4.69) is 4.98 Å². The number of aromatic nitrogens is 1. The Bertz CT molecular complexity index is 886. The fourth-order valence-electron chi connectivity index (χ4n) is 2.46. The number of hydrogen-bond donors (Lipinski definition) is 4. The maximum absolute atomic E-state index is 12.0. The molecule has 0 aliphatic carbocycles. The molecular formula is C18H20N2O6. The van der Waals surface area contributed by atoms with Crippen molar-refractivity contribution in [3.63, 3.8) is 0 Å². The van der Waals surface area contributed by atoms with E-state index in [1.54, 1.807) is 24.3 Å². The summed E-state index contributed by atoms with van der Waals surface area (Å²) in [4.78, 5) is 37.1. The number of rotatable bonds is 7. The summed E-state index contributed by atoms with van der Waals surface area (Å²) in [5.41, 5.74) is 4.41. The van der Waals surface area contributed by atoms with Crippen LogP contribution in [0.4, 0.5) is 5.82 Å². The molecule has 0 amide bonds. The molecule has 8 nitrogen and oxygen atoms in total. The molecule has 8 heteroatoms. The van der Waals surface area contributed by atoms with E-state index in [0.29, 0.717) is 6.61 Å². The van der Waals surface area contributed by atoms with Gasteiger partial charge in [-0.25, -0.2) is 9.59 Å². The molecular weight excluding hydrogens is 340 g/mol. The maximum atomic E-state index is 12.0. The summed E-state index contributed by atoms with van der Waals surface area (Å²) in [6, 6.07) is 6.46. The first-order valence-corrected chi connectivity index (χ1v) is 7.99. The van der Waals surface area contributed by atoms with Gasteiger partial charge in [-0.05, 0) is 24.5 Å². The van der Waals surface area contributed by atoms with Gasteiger partial charge >= 0.3 is 11.9 Å². The highest BCUT2D eigenvalue weighted by atomic mass is 16.5. The summed E-state index contributed by atoms with van der Waals surface area (Å²) >= 11 is 0. The fourth-order valence-corrected chi connectivity index (χ4v) is 2.46. The summed E-state index contributed by atoms with van der Waals surface area (Å²) in [6.45, 7) is 4.32. The first-order valence-electron chi connectivity index (χ1n) is 7.99. The standard InChI is InChI=1S/C18H20N2O6/c1-3-9(2)26-8-10-4-6-11(7-5-10)12-13(17(22)23)15(19)20-16(21)14(12)18(24)25/h4-7,9H,3,8H2,1-2H3,(H,22,23)(H,24,25)(H3,19,20,21). The first kappa shape index (κ1) is 19.2.